The number of esters is 1. The Labute approximate surface area is 214 Å². The first-order valence-electron chi connectivity index (χ1n) is 13.3. The van der Waals surface area contributed by atoms with Crippen molar-refractivity contribution in [1.82, 2.24) is 0 Å². The number of carbonyl (C=O) groups is 2. The van der Waals surface area contributed by atoms with Crippen LogP contribution >= 0.6 is 0 Å². The van der Waals surface area contributed by atoms with Gasteiger partial charge in [0.1, 0.15) is 6.61 Å². The molecule has 4 aliphatic carbocycles. The maximum atomic E-state index is 13.3. The van der Waals surface area contributed by atoms with Crippen molar-refractivity contribution in [3.63, 3.8) is 0 Å². The molecule has 0 aliphatic heterocycles. The number of benzene rings is 1. The van der Waals surface area contributed by atoms with Crippen molar-refractivity contribution >= 4 is 23.2 Å². The Hall–Kier alpha value is -2.89. The Balaban J connectivity index is 1.58. The number of ketones is 1. The van der Waals surface area contributed by atoms with E-state index in [0.717, 1.165) is 50.7 Å². The molecule has 2 fully saturated rings. The normalized spacial score (nSPS) is 32.3. The SMILES string of the molecule is CC(=O)OCC(=O)C1CCC2C3CCC4=CC(=NO)CCC4=C3C(c3ccc(N(C)C)cc3)CC12C. The van der Waals surface area contributed by atoms with Crippen LogP contribution in [-0.4, -0.2) is 43.4 Å². The third-order valence-electron chi connectivity index (χ3n) is 9.49. The second-order valence-corrected chi connectivity index (χ2v) is 11.6. The molecule has 6 heteroatoms. The lowest BCUT2D eigenvalue weighted by Gasteiger charge is -2.52. The average molecular weight is 491 g/mol. The predicted molar refractivity (Wildman–Crippen MR) is 140 cm³/mol. The number of hydrogen-bond donors (Lipinski definition) is 1. The number of fused-ring (bicyclic) bond motifs is 4. The van der Waals surface area contributed by atoms with E-state index in [4.69, 9.17) is 4.74 Å². The zero-order valence-corrected chi connectivity index (χ0v) is 21.9. The summed E-state index contributed by atoms with van der Waals surface area (Å²) >= 11 is 0. The van der Waals surface area contributed by atoms with Gasteiger partial charge in [-0.3, -0.25) is 9.59 Å². The van der Waals surface area contributed by atoms with E-state index in [1.54, 1.807) is 5.57 Å². The van der Waals surface area contributed by atoms with Crippen LogP contribution in [0.4, 0.5) is 5.69 Å². The highest BCUT2D eigenvalue weighted by Crippen LogP contribution is 2.65. The fourth-order valence-corrected chi connectivity index (χ4v) is 7.86. The molecular formula is C30H38N2O4. The highest BCUT2D eigenvalue weighted by atomic mass is 16.5. The molecule has 1 aromatic rings. The van der Waals surface area contributed by atoms with Gasteiger partial charge in [0.25, 0.3) is 0 Å². The van der Waals surface area contributed by atoms with E-state index in [-0.39, 0.29) is 29.6 Å². The van der Waals surface area contributed by atoms with Gasteiger partial charge in [0.15, 0.2) is 5.78 Å². The summed E-state index contributed by atoms with van der Waals surface area (Å²) in [4.78, 5) is 26.8. The molecule has 5 rings (SSSR count). The van der Waals surface area contributed by atoms with Gasteiger partial charge in [0.05, 0.1) is 5.71 Å². The van der Waals surface area contributed by atoms with Gasteiger partial charge in [0.2, 0.25) is 0 Å². The number of rotatable bonds is 5. The van der Waals surface area contributed by atoms with Gasteiger partial charge in [-0.1, -0.05) is 29.8 Å². The van der Waals surface area contributed by atoms with Crippen molar-refractivity contribution in [3.8, 4) is 0 Å². The van der Waals surface area contributed by atoms with E-state index in [2.05, 4.69) is 61.4 Å². The summed E-state index contributed by atoms with van der Waals surface area (Å²) < 4.78 is 5.14. The topological polar surface area (TPSA) is 79.2 Å². The van der Waals surface area contributed by atoms with Crippen LogP contribution in [0.25, 0.3) is 0 Å². The summed E-state index contributed by atoms with van der Waals surface area (Å²) in [6.45, 7) is 3.58. The summed E-state index contributed by atoms with van der Waals surface area (Å²) in [5.74, 6) is 0.763. The molecule has 5 unspecified atom stereocenters. The van der Waals surface area contributed by atoms with Crippen LogP contribution in [0, 0.1) is 23.2 Å². The summed E-state index contributed by atoms with van der Waals surface area (Å²) in [7, 11) is 4.11. The molecule has 5 atom stereocenters. The minimum absolute atomic E-state index is 0.0749. The molecule has 0 heterocycles. The second-order valence-electron chi connectivity index (χ2n) is 11.6. The molecule has 36 heavy (non-hydrogen) atoms. The zero-order chi connectivity index (χ0) is 25.6. The first-order valence-corrected chi connectivity index (χ1v) is 13.3. The number of carbonyl (C=O) groups excluding carboxylic acids is 2. The van der Waals surface area contributed by atoms with Gasteiger partial charge in [-0.05, 0) is 97.1 Å². The molecule has 0 aromatic heterocycles. The smallest absolute Gasteiger partial charge is 0.303 e. The van der Waals surface area contributed by atoms with Gasteiger partial charge in [-0.15, -0.1) is 0 Å². The van der Waals surface area contributed by atoms with Crippen LogP contribution < -0.4 is 4.90 Å². The van der Waals surface area contributed by atoms with Crippen LogP contribution in [0.3, 0.4) is 0 Å². The van der Waals surface area contributed by atoms with Gasteiger partial charge in [-0.25, -0.2) is 0 Å². The van der Waals surface area contributed by atoms with Crippen LogP contribution in [0.5, 0.6) is 0 Å². The van der Waals surface area contributed by atoms with Gasteiger partial charge >= 0.3 is 5.97 Å². The number of Topliss-reactive ketones (excluding diaryl/α,β-unsaturated/α-hetero) is 1. The minimum Gasteiger partial charge on any atom is -0.458 e. The Morgan fingerprint density at radius 2 is 1.86 bits per heavy atom. The van der Waals surface area contributed by atoms with Crippen LogP contribution in [-0.2, 0) is 14.3 Å². The summed E-state index contributed by atoms with van der Waals surface area (Å²) in [5.41, 5.74) is 7.51. The average Bonchev–Trinajstić information content (AvgIpc) is 3.23. The molecular weight excluding hydrogens is 452 g/mol. The lowest BCUT2D eigenvalue weighted by Crippen LogP contribution is -2.45. The van der Waals surface area contributed by atoms with Gasteiger partial charge < -0.3 is 14.8 Å². The van der Waals surface area contributed by atoms with E-state index in [9.17, 15) is 14.8 Å². The second kappa shape index (κ2) is 9.53. The summed E-state index contributed by atoms with van der Waals surface area (Å²) in [6, 6.07) is 8.92. The molecule has 0 bridgehead atoms. The zero-order valence-electron chi connectivity index (χ0n) is 21.9. The van der Waals surface area contributed by atoms with E-state index in [1.807, 2.05) is 0 Å². The van der Waals surface area contributed by atoms with E-state index < -0.39 is 5.97 Å². The highest BCUT2D eigenvalue weighted by molar-refractivity contribution is 5.97. The Bertz CT molecular complexity index is 1150. The van der Waals surface area contributed by atoms with Gasteiger partial charge in [0, 0.05) is 38.5 Å². The molecule has 0 amide bonds. The number of ether oxygens (including phenoxy) is 1. The Morgan fingerprint density at radius 3 is 2.53 bits per heavy atom. The first kappa shape index (κ1) is 24.8. The standard InChI is InChI=1S/C30H38N2O4/c1-18(33)36-17-28(34)27-14-13-26-24-11-7-20-15-21(31-35)8-12-23(20)29(24)25(16-30(26,27)2)19-5-9-22(10-6-19)32(3)4/h5-6,9-10,15,24-27,35H,7-8,11-14,16-17H2,1-4H3. The summed E-state index contributed by atoms with van der Waals surface area (Å²) in [6.07, 6.45) is 8.69. The van der Waals surface area contributed by atoms with Crippen molar-refractivity contribution < 1.29 is 19.5 Å². The van der Waals surface area contributed by atoms with E-state index >= 15 is 0 Å². The fourth-order valence-electron chi connectivity index (χ4n) is 7.86. The Kier molecular flexibility index (Phi) is 6.56. The minimum atomic E-state index is -0.396. The lowest BCUT2D eigenvalue weighted by molar-refractivity contribution is -0.148. The van der Waals surface area contributed by atoms with Crippen molar-refractivity contribution in [2.75, 3.05) is 25.6 Å². The molecule has 4 aliphatic rings. The van der Waals surface area contributed by atoms with Crippen molar-refractivity contribution in [1.29, 1.82) is 0 Å². The number of hydrogen-bond acceptors (Lipinski definition) is 6. The van der Waals surface area contributed by atoms with Crippen LogP contribution in [0.15, 0.2) is 52.2 Å². The van der Waals surface area contributed by atoms with Crippen LogP contribution in [0.1, 0.15) is 70.3 Å². The fraction of sp³-hybridized carbons (Fsp3) is 0.567. The van der Waals surface area contributed by atoms with E-state index in [1.165, 1.54) is 29.3 Å². The maximum Gasteiger partial charge on any atom is 0.303 e. The number of anilines is 1. The van der Waals surface area contributed by atoms with Crippen molar-refractivity contribution in [2.45, 2.75) is 64.7 Å². The largest absolute Gasteiger partial charge is 0.458 e. The molecule has 192 valence electrons. The molecule has 1 aromatic carbocycles. The third kappa shape index (κ3) is 4.18. The number of nitrogens with zero attached hydrogens (tertiary/aromatic N) is 2. The van der Waals surface area contributed by atoms with E-state index in [0.29, 0.717) is 11.8 Å². The molecule has 0 spiro atoms. The summed E-state index contributed by atoms with van der Waals surface area (Å²) in [5, 5.41) is 12.9. The van der Waals surface area contributed by atoms with Crippen LogP contribution in [0.2, 0.25) is 0 Å². The number of oxime groups is 1. The van der Waals surface area contributed by atoms with Crippen molar-refractivity contribution in [3.05, 3.63) is 52.6 Å². The first-order chi connectivity index (χ1) is 17.2. The molecule has 6 nitrogen and oxygen atoms in total. The van der Waals surface area contributed by atoms with Crippen molar-refractivity contribution in [2.24, 2.45) is 28.3 Å². The van der Waals surface area contributed by atoms with Gasteiger partial charge in [-0.2, -0.15) is 0 Å². The molecule has 0 radical (unpaired) electrons. The maximum absolute atomic E-state index is 13.3. The molecule has 1 N–H and O–H groups in total. The highest BCUT2D eigenvalue weighted by Gasteiger charge is 2.58. The predicted octanol–water partition coefficient (Wildman–Crippen LogP) is 5.66. The Morgan fingerprint density at radius 1 is 1.11 bits per heavy atom. The monoisotopic (exact) mass is 490 g/mol. The molecule has 0 saturated heterocycles. The lowest BCUT2D eigenvalue weighted by atomic mass is 9.51. The third-order valence-corrected chi connectivity index (χ3v) is 9.49. The molecule has 2 saturated carbocycles. The quantitative estimate of drug-likeness (QED) is 0.327. The number of allylic oxidation sites excluding steroid dienone is 4.